The van der Waals surface area contributed by atoms with E-state index in [4.69, 9.17) is 4.74 Å². The minimum Gasteiger partial charge on any atom is -0.453 e. The number of anilines is 1. The highest BCUT2D eigenvalue weighted by Gasteiger charge is 2.32. The molecule has 1 N–H and O–H groups in total. The summed E-state index contributed by atoms with van der Waals surface area (Å²) in [4.78, 5) is 24.0. The number of aryl methyl sites for hydroxylation is 1. The zero-order chi connectivity index (χ0) is 15.7. The van der Waals surface area contributed by atoms with E-state index in [0.29, 0.717) is 5.56 Å². The van der Waals surface area contributed by atoms with E-state index in [2.05, 4.69) is 5.32 Å². The Balaban J connectivity index is 1.73. The molecule has 2 aromatic carbocycles. The van der Waals surface area contributed by atoms with Gasteiger partial charge in [-0.25, -0.2) is 4.79 Å². The van der Waals surface area contributed by atoms with Gasteiger partial charge in [-0.2, -0.15) is 0 Å². The monoisotopic (exact) mass is 295 g/mol. The molecule has 0 fully saturated rings. The number of carbonyl (C=O) groups excluding carboxylic acids is 2. The highest BCUT2D eigenvalue weighted by molar-refractivity contribution is 5.96. The SMILES string of the molecule is Cc1cccc(NC(=O)CC2OC(=O)c3ccccc32)c1C. The standard InChI is InChI=1S/C18H17NO3/c1-11-6-5-9-15(12(11)2)19-17(20)10-16-13-7-3-4-8-14(13)18(21)22-16/h3-9,16H,10H2,1-2H3,(H,19,20). The number of fused-ring (bicyclic) bond motifs is 1. The van der Waals surface area contributed by atoms with E-state index >= 15 is 0 Å². The Morgan fingerprint density at radius 1 is 1.14 bits per heavy atom. The number of cyclic esters (lactones) is 1. The van der Waals surface area contributed by atoms with Gasteiger partial charge >= 0.3 is 5.97 Å². The molecule has 0 saturated heterocycles. The number of nitrogens with one attached hydrogen (secondary N) is 1. The summed E-state index contributed by atoms with van der Waals surface area (Å²) in [5.74, 6) is -0.525. The first kappa shape index (κ1) is 14.3. The van der Waals surface area contributed by atoms with Crippen molar-refractivity contribution >= 4 is 17.6 Å². The van der Waals surface area contributed by atoms with Crippen molar-refractivity contribution in [2.24, 2.45) is 0 Å². The van der Waals surface area contributed by atoms with Gasteiger partial charge in [-0.05, 0) is 37.1 Å². The van der Waals surface area contributed by atoms with Gasteiger partial charge in [0, 0.05) is 11.3 Å². The number of esters is 1. The second-order valence-electron chi connectivity index (χ2n) is 5.48. The Bertz CT molecular complexity index is 752. The molecule has 112 valence electrons. The van der Waals surface area contributed by atoms with Crippen LogP contribution in [0.1, 0.15) is 39.6 Å². The second-order valence-corrected chi connectivity index (χ2v) is 5.48. The lowest BCUT2D eigenvalue weighted by molar-refractivity contribution is -0.118. The third-order valence-electron chi connectivity index (χ3n) is 4.03. The molecule has 4 heteroatoms. The third kappa shape index (κ3) is 2.60. The fourth-order valence-electron chi connectivity index (χ4n) is 2.63. The van der Waals surface area contributed by atoms with Gasteiger partial charge in [-0.15, -0.1) is 0 Å². The molecular formula is C18H17NO3. The number of benzene rings is 2. The number of hydrogen-bond acceptors (Lipinski definition) is 3. The number of rotatable bonds is 3. The molecule has 1 amide bonds. The van der Waals surface area contributed by atoms with Crippen LogP contribution in [0, 0.1) is 13.8 Å². The van der Waals surface area contributed by atoms with Gasteiger partial charge < -0.3 is 10.1 Å². The number of amides is 1. The molecule has 4 nitrogen and oxygen atoms in total. The number of carbonyl (C=O) groups is 2. The molecule has 22 heavy (non-hydrogen) atoms. The predicted octanol–water partition coefficient (Wildman–Crippen LogP) is 3.54. The van der Waals surface area contributed by atoms with E-state index in [9.17, 15) is 9.59 Å². The van der Waals surface area contributed by atoms with E-state index in [1.54, 1.807) is 12.1 Å². The van der Waals surface area contributed by atoms with Crippen molar-refractivity contribution in [2.75, 3.05) is 5.32 Å². The molecule has 1 atom stereocenters. The lowest BCUT2D eigenvalue weighted by atomic mass is 10.0. The van der Waals surface area contributed by atoms with Crippen LogP contribution in [0.5, 0.6) is 0 Å². The van der Waals surface area contributed by atoms with E-state index in [-0.39, 0.29) is 18.3 Å². The van der Waals surface area contributed by atoms with E-state index in [1.165, 1.54) is 0 Å². The Morgan fingerprint density at radius 2 is 1.91 bits per heavy atom. The van der Waals surface area contributed by atoms with Crippen LogP contribution in [0.4, 0.5) is 5.69 Å². The molecule has 1 heterocycles. The number of ether oxygens (including phenoxy) is 1. The van der Waals surface area contributed by atoms with Crippen LogP contribution in [0.15, 0.2) is 42.5 Å². The van der Waals surface area contributed by atoms with Crippen LogP contribution >= 0.6 is 0 Å². The average molecular weight is 295 g/mol. The van der Waals surface area contributed by atoms with Crippen molar-refractivity contribution < 1.29 is 14.3 Å². The molecular weight excluding hydrogens is 278 g/mol. The molecule has 0 bridgehead atoms. The predicted molar refractivity (Wildman–Crippen MR) is 83.8 cm³/mol. The summed E-state index contributed by atoms with van der Waals surface area (Å²) in [5.41, 5.74) is 4.29. The fraction of sp³-hybridized carbons (Fsp3) is 0.222. The molecule has 1 aliphatic rings. The second kappa shape index (κ2) is 5.64. The smallest absolute Gasteiger partial charge is 0.339 e. The lowest BCUT2D eigenvalue weighted by Crippen LogP contribution is -2.16. The molecule has 1 unspecified atom stereocenters. The van der Waals surface area contributed by atoms with Crippen LogP contribution in [-0.2, 0) is 9.53 Å². The number of hydrogen-bond donors (Lipinski definition) is 1. The Kier molecular flexibility index (Phi) is 3.67. The van der Waals surface area contributed by atoms with Crippen molar-refractivity contribution in [1.29, 1.82) is 0 Å². The molecule has 3 rings (SSSR count). The van der Waals surface area contributed by atoms with Crippen LogP contribution in [0.25, 0.3) is 0 Å². The molecule has 2 aromatic rings. The third-order valence-corrected chi connectivity index (χ3v) is 4.03. The van der Waals surface area contributed by atoms with Crippen molar-refractivity contribution in [3.8, 4) is 0 Å². The van der Waals surface area contributed by atoms with Crippen LogP contribution in [0.3, 0.4) is 0 Å². The zero-order valence-corrected chi connectivity index (χ0v) is 12.6. The highest BCUT2D eigenvalue weighted by Crippen LogP contribution is 2.33. The van der Waals surface area contributed by atoms with Gasteiger partial charge in [-0.3, -0.25) is 4.79 Å². The molecule has 0 saturated carbocycles. The summed E-state index contributed by atoms with van der Waals surface area (Å²) in [5, 5.41) is 2.89. The van der Waals surface area contributed by atoms with Crippen molar-refractivity contribution in [3.05, 3.63) is 64.7 Å². The van der Waals surface area contributed by atoms with Crippen molar-refractivity contribution in [3.63, 3.8) is 0 Å². The summed E-state index contributed by atoms with van der Waals surface area (Å²) in [6.07, 6.45) is -0.385. The van der Waals surface area contributed by atoms with Gasteiger partial charge in [0.1, 0.15) is 6.10 Å². The van der Waals surface area contributed by atoms with Crippen molar-refractivity contribution in [1.82, 2.24) is 0 Å². The zero-order valence-electron chi connectivity index (χ0n) is 12.6. The summed E-state index contributed by atoms with van der Waals surface area (Å²) < 4.78 is 5.29. The van der Waals surface area contributed by atoms with Gasteiger partial charge in [0.05, 0.1) is 12.0 Å². The minimum absolute atomic E-state index is 0.121. The summed E-state index contributed by atoms with van der Waals surface area (Å²) >= 11 is 0. The van der Waals surface area contributed by atoms with Crippen LogP contribution in [0.2, 0.25) is 0 Å². The van der Waals surface area contributed by atoms with Crippen LogP contribution in [-0.4, -0.2) is 11.9 Å². The molecule has 0 aliphatic carbocycles. The van der Waals surface area contributed by atoms with E-state index < -0.39 is 6.10 Å². The van der Waals surface area contributed by atoms with E-state index in [0.717, 1.165) is 22.4 Å². The first-order chi connectivity index (χ1) is 10.6. The minimum atomic E-state index is -0.506. The van der Waals surface area contributed by atoms with Gasteiger partial charge in [-0.1, -0.05) is 30.3 Å². The lowest BCUT2D eigenvalue weighted by Gasteiger charge is -2.13. The quantitative estimate of drug-likeness (QED) is 0.881. The Labute approximate surface area is 129 Å². The average Bonchev–Trinajstić information content (AvgIpc) is 2.81. The molecule has 1 aliphatic heterocycles. The van der Waals surface area contributed by atoms with Gasteiger partial charge in [0.25, 0.3) is 0 Å². The van der Waals surface area contributed by atoms with Crippen molar-refractivity contribution in [2.45, 2.75) is 26.4 Å². The first-order valence-electron chi connectivity index (χ1n) is 7.22. The topological polar surface area (TPSA) is 55.4 Å². The normalized spacial score (nSPS) is 16.1. The summed E-state index contributed by atoms with van der Waals surface area (Å²) in [7, 11) is 0. The Hall–Kier alpha value is -2.62. The maximum absolute atomic E-state index is 12.2. The molecule has 0 spiro atoms. The molecule has 0 aromatic heterocycles. The Morgan fingerprint density at radius 3 is 2.73 bits per heavy atom. The largest absolute Gasteiger partial charge is 0.453 e. The van der Waals surface area contributed by atoms with Gasteiger partial charge in [0.2, 0.25) is 5.91 Å². The first-order valence-corrected chi connectivity index (χ1v) is 7.22. The van der Waals surface area contributed by atoms with Gasteiger partial charge in [0.15, 0.2) is 0 Å². The highest BCUT2D eigenvalue weighted by atomic mass is 16.5. The summed E-state index contributed by atoms with van der Waals surface area (Å²) in [6.45, 7) is 3.97. The van der Waals surface area contributed by atoms with E-state index in [1.807, 2.05) is 44.2 Å². The maximum atomic E-state index is 12.2. The molecule has 0 radical (unpaired) electrons. The fourth-order valence-corrected chi connectivity index (χ4v) is 2.63. The summed E-state index contributed by atoms with van der Waals surface area (Å²) in [6, 6.07) is 13.0. The maximum Gasteiger partial charge on any atom is 0.339 e. The van der Waals surface area contributed by atoms with Crippen LogP contribution < -0.4 is 5.32 Å².